The summed E-state index contributed by atoms with van der Waals surface area (Å²) in [7, 11) is 0. The van der Waals surface area contributed by atoms with Gasteiger partial charge < -0.3 is 10.3 Å². The summed E-state index contributed by atoms with van der Waals surface area (Å²) in [5.74, 6) is -0.188. The first-order valence-electron chi connectivity index (χ1n) is 7.13. The van der Waals surface area contributed by atoms with E-state index in [1.54, 1.807) is 0 Å². The summed E-state index contributed by atoms with van der Waals surface area (Å²) in [6.07, 6.45) is 0. The van der Waals surface area contributed by atoms with Crippen LogP contribution in [-0.4, -0.2) is 15.5 Å². The number of para-hydroxylation sites is 2. The predicted molar refractivity (Wildman–Crippen MR) is 85.6 cm³/mol. The summed E-state index contributed by atoms with van der Waals surface area (Å²) < 4.78 is 1.44. The van der Waals surface area contributed by atoms with Crippen LogP contribution in [0.25, 0.3) is 11.0 Å². The number of nitrogens with zero attached hydrogens (tertiary/aromatic N) is 1. The van der Waals surface area contributed by atoms with Crippen molar-refractivity contribution in [2.24, 2.45) is 0 Å². The smallest absolute Gasteiger partial charge is 0.326 e. The number of carbonyl (C=O) groups is 1. The normalized spacial score (nSPS) is 10.8. The Morgan fingerprint density at radius 3 is 2.64 bits per heavy atom. The maximum Gasteiger partial charge on any atom is 0.326 e. The second kappa shape index (κ2) is 5.89. The molecule has 112 valence electrons. The lowest BCUT2D eigenvalue weighted by Gasteiger charge is -2.06. The molecule has 1 amide bonds. The third kappa shape index (κ3) is 2.93. The number of aromatic nitrogens is 2. The van der Waals surface area contributed by atoms with E-state index in [1.807, 2.05) is 55.5 Å². The molecule has 0 bridgehead atoms. The van der Waals surface area contributed by atoms with E-state index in [1.165, 1.54) is 10.1 Å². The van der Waals surface area contributed by atoms with Crippen LogP contribution in [0.5, 0.6) is 0 Å². The van der Waals surface area contributed by atoms with Gasteiger partial charge in [-0.3, -0.25) is 9.36 Å². The van der Waals surface area contributed by atoms with Gasteiger partial charge in [-0.15, -0.1) is 0 Å². The zero-order chi connectivity index (χ0) is 15.5. The lowest BCUT2D eigenvalue weighted by Crippen LogP contribution is -2.30. The van der Waals surface area contributed by atoms with Gasteiger partial charge in [-0.2, -0.15) is 0 Å². The van der Waals surface area contributed by atoms with E-state index in [0.717, 1.165) is 16.6 Å². The molecule has 5 heteroatoms. The first kappa shape index (κ1) is 14.1. The Bertz CT molecular complexity index is 859. The van der Waals surface area contributed by atoms with Gasteiger partial charge in [0, 0.05) is 6.54 Å². The molecular formula is C17H17N3O2. The molecule has 3 rings (SSSR count). The van der Waals surface area contributed by atoms with E-state index in [2.05, 4.69) is 10.3 Å². The van der Waals surface area contributed by atoms with Crippen LogP contribution in [0.3, 0.4) is 0 Å². The summed E-state index contributed by atoms with van der Waals surface area (Å²) in [6, 6.07) is 15.3. The summed E-state index contributed by atoms with van der Waals surface area (Å²) in [4.78, 5) is 26.7. The molecular weight excluding hydrogens is 278 g/mol. The fraction of sp³-hybridized carbons (Fsp3) is 0.176. The van der Waals surface area contributed by atoms with Crippen LogP contribution in [0.4, 0.5) is 0 Å². The van der Waals surface area contributed by atoms with Gasteiger partial charge in [0.1, 0.15) is 6.54 Å². The van der Waals surface area contributed by atoms with Crippen LogP contribution in [0.15, 0.2) is 53.3 Å². The SMILES string of the molecule is Cc1ccc(CNC(=O)Cn2c(=O)[nH]c3ccccc32)cc1. The molecule has 2 aromatic carbocycles. The van der Waals surface area contributed by atoms with E-state index in [-0.39, 0.29) is 18.1 Å². The minimum atomic E-state index is -0.272. The fourth-order valence-corrected chi connectivity index (χ4v) is 2.37. The number of amides is 1. The van der Waals surface area contributed by atoms with Crippen molar-refractivity contribution in [3.63, 3.8) is 0 Å². The molecule has 0 fully saturated rings. The highest BCUT2D eigenvalue weighted by Crippen LogP contribution is 2.08. The van der Waals surface area contributed by atoms with Gasteiger partial charge in [0.15, 0.2) is 0 Å². The van der Waals surface area contributed by atoms with Crippen molar-refractivity contribution < 1.29 is 4.79 Å². The number of rotatable bonds is 4. The topological polar surface area (TPSA) is 66.9 Å². The van der Waals surface area contributed by atoms with Crippen molar-refractivity contribution in [3.8, 4) is 0 Å². The van der Waals surface area contributed by atoms with Gasteiger partial charge in [0.25, 0.3) is 0 Å². The lowest BCUT2D eigenvalue weighted by atomic mass is 10.1. The van der Waals surface area contributed by atoms with E-state index in [0.29, 0.717) is 6.54 Å². The molecule has 0 unspecified atom stereocenters. The van der Waals surface area contributed by atoms with Crippen LogP contribution >= 0.6 is 0 Å². The molecule has 5 nitrogen and oxygen atoms in total. The first-order valence-corrected chi connectivity index (χ1v) is 7.13. The van der Waals surface area contributed by atoms with Gasteiger partial charge in [-0.25, -0.2) is 4.79 Å². The van der Waals surface area contributed by atoms with Crippen molar-refractivity contribution in [2.45, 2.75) is 20.0 Å². The van der Waals surface area contributed by atoms with E-state index in [9.17, 15) is 9.59 Å². The summed E-state index contributed by atoms with van der Waals surface area (Å²) >= 11 is 0. The average molecular weight is 295 g/mol. The molecule has 0 aliphatic carbocycles. The Morgan fingerprint density at radius 1 is 1.14 bits per heavy atom. The van der Waals surface area contributed by atoms with Gasteiger partial charge >= 0.3 is 5.69 Å². The monoisotopic (exact) mass is 295 g/mol. The highest BCUT2D eigenvalue weighted by molar-refractivity contribution is 5.80. The molecule has 0 saturated carbocycles. The Balaban J connectivity index is 1.69. The minimum absolute atomic E-state index is 0.00864. The van der Waals surface area contributed by atoms with Crippen molar-refractivity contribution in [2.75, 3.05) is 0 Å². The van der Waals surface area contributed by atoms with Crippen LogP contribution in [0.1, 0.15) is 11.1 Å². The summed E-state index contributed by atoms with van der Waals surface area (Å²) in [6.45, 7) is 2.48. The molecule has 0 aliphatic rings. The number of H-pyrrole nitrogens is 1. The lowest BCUT2D eigenvalue weighted by molar-refractivity contribution is -0.121. The zero-order valence-corrected chi connectivity index (χ0v) is 12.3. The highest BCUT2D eigenvalue weighted by Gasteiger charge is 2.09. The van der Waals surface area contributed by atoms with Crippen molar-refractivity contribution in [1.29, 1.82) is 0 Å². The van der Waals surface area contributed by atoms with Gasteiger partial charge in [-0.05, 0) is 24.6 Å². The number of benzene rings is 2. The van der Waals surface area contributed by atoms with Gasteiger partial charge in [0.05, 0.1) is 11.0 Å². The average Bonchev–Trinajstić information content (AvgIpc) is 2.83. The van der Waals surface area contributed by atoms with Crippen LogP contribution in [0.2, 0.25) is 0 Å². The molecule has 2 N–H and O–H groups in total. The third-order valence-corrected chi connectivity index (χ3v) is 3.59. The molecule has 0 radical (unpaired) electrons. The quantitative estimate of drug-likeness (QED) is 0.772. The Hall–Kier alpha value is -2.82. The molecule has 0 aliphatic heterocycles. The Labute approximate surface area is 127 Å². The molecule has 0 spiro atoms. The largest absolute Gasteiger partial charge is 0.350 e. The number of hydrogen-bond donors (Lipinski definition) is 2. The van der Waals surface area contributed by atoms with Crippen LogP contribution < -0.4 is 11.0 Å². The Kier molecular flexibility index (Phi) is 3.78. The van der Waals surface area contributed by atoms with Crippen molar-refractivity contribution >= 4 is 16.9 Å². The minimum Gasteiger partial charge on any atom is -0.350 e. The maximum atomic E-state index is 12.1. The van der Waals surface area contributed by atoms with Gasteiger partial charge in [0.2, 0.25) is 5.91 Å². The van der Waals surface area contributed by atoms with Crippen LogP contribution in [0, 0.1) is 6.92 Å². The number of nitrogens with one attached hydrogen (secondary N) is 2. The van der Waals surface area contributed by atoms with E-state index < -0.39 is 0 Å². The fourth-order valence-electron chi connectivity index (χ4n) is 2.37. The molecule has 0 saturated heterocycles. The predicted octanol–water partition coefficient (Wildman–Crippen LogP) is 1.95. The number of aryl methyl sites for hydroxylation is 1. The highest BCUT2D eigenvalue weighted by atomic mass is 16.2. The second-order valence-corrected chi connectivity index (χ2v) is 5.30. The molecule has 3 aromatic rings. The standard InChI is InChI=1S/C17H17N3O2/c1-12-6-8-13(9-7-12)10-18-16(21)11-20-15-5-3-2-4-14(15)19-17(20)22/h2-9H,10-11H2,1H3,(H,18,21)(H,19,22). The Morgan fingerprint density at radius 2 is 1.86 bits per heavy atom. The third-order valence-electron chi connectivity index (χ3n) is 3.59. The summed E-state index contributed by atoms with van der Waals surface area (Å²) in [5, 5.41) is 2.84. The van der Waals surface area contributed by atoms with E-state index >= 15 is 0 Å². The number of aromatic amines is 1. The van der Waals surface area contributed by atoms with Crippen LogP contribution in [-0.2, 0) is 17.9 Å². The number of imidazole rings is 1. The second-order valence-electron chi connectivity index (χ2n) is 5.30. The molecule has 1 heterocycles. The molecule has 0 atom stereocenters. The molecule has 1 aromatic heterocycles. The zero-order valence-electron chi connectivity index (χ0n) is 12.3. The first-order chi connectivity index (χ1) is 10.6. The number of hydrogen-bond acceptors (Lipinski definition) is 2. The number of fused-ring (bicyclic) bond motifs is 1. The maximum absolute atomic E-state index is 12.1. The van der Waals surface area contributed by atoms with Crippen molar-refractivity contribution in [3.05, 3.63) is 70.1 Å². The van der Waals surface area contributed by atoms with Crippen molar-refractivity contribution in [1.82, 2.24) is 14.9 Å². The van der Waals surface area contributed by atoms with Gasteiger partial charge in [-0.1, -0.05) is 42.0 Å². The van der Waals surface area contributed by atoms with E-state index in [4.69, 9.17) is 0 Å². The number of carbonyl (C=O) groups excluding carboxylic acids is 1. The molecule has 22 heavy (non-hydrogen) atoms. The summed E-state index contributed by atoms with van der Waals surface area (Å²) in [5.41, 5.74) is 3.41.